The van der Waals surface area contributed by atoms with E-state index in [0.717, 1.165) is 68.2 Å². The van der Waals surface area contributed by atoms with Crippen LogP contribution in [0.15, 0.2) is 18.5 Å². The average Bonchev–Trinajstić information content (AvgIpc) is 3.39. The summed E-state index contributed by atoms with van der Waals surface area (Å²) in [6, 6.07) is 2.45. The molecule has 14 nitrogen and oxygen atoms in total. The third-order valence-electron chi connectivity index (χ3n) is 7.56. The first kappa shape index (κ1) is 35.1. The van der Waals surface area contributed by atoms with Crippen molar-refractivity contribution in [1.29, 1.82) is 0 Å². The molecule has 0 spiro atoms. The zero-order valence-corrected chi connectivity index (χ0v) is 28.3. The van der Waals surface area contributed by atoms with Crippen LogP contribution in [0, 0.1) is 6.92 Å². The van der Waals surface area contributed by atoms with Crippen LogP contribution < -0.4 is 21.3 Å². The summed E-state index contributed by atoms with van der Waals surface area (Å²) in [7, 11) is 0. The molecule has 1 aliphatic rings. The molecule has 46 heavy (non-hydrogen) atoms. The molecule has 0 radical (unpaired) electrons. The number of pyridine rings is 1. The molecule has 0 aliphatic carbocycles. The Morgan fingerprint density at radius 2 is 1.80 bits per heavy atom. The van der Waals surface area contributed by atoms with Crippen LogP contribution in [0.3, 0.4) is 0 Å². The highest BCUT2D eigenvalue weighted by atomic mass is 16.6. The van der Waals surface area contributed by atoms with Gasteiger partial charge in [0.15, 0.2) is 11.5 Å². The molecule has 1 saturated heterocycles. The maximum atomic E-state index is 11.6. The lowest BCUT2D eigenvalue weighted by Crippen LogP contribution is -2.47. The molecule has 3 aromatic rings. The van der Waals surface area contributed by atoms with E-state index < -0.39 is 11.7 Å². The quantitative estimate of drug-likeness (QED) is 0.197. The summed E-state index contributed by atoms with van der Waals surface area (Å²) in [4.78, 5) is 30.1. The van der Waals surface area contributed by atoms with Gasteiger partial charge in [-0.15, -0.1) is 5.10 Å². The van der Waals surface area contributed by atoms with Crippen LogP contribution in [0.2, 0.25) is 0 Å². The molecule has 1 amide bonds. The number of aromatic nitrogens is 5. The van der Waals surface area contributed by atoms with E-state index in [4.69, 9.17) is 24.9 Å². The summed E-state index contributed by atoms with van der Waals surface area (Å²) < 4.78 is 18.3. The van der Waals surface area contributed by atoms with Gasteiger partial charge < -0.3 is 35.5 Å². The molecule has 254 valence electrons. The summed E-state index contributed by atoms with van der Waals surface area (Å²) in [5.74, 6) is 1.90. The van der Waals surface area contributed by atoms with Gasteiger partial charge in [-0.1, -0.05) is 19.4 Å². The Balaban J connectivity index is 1.17. The van der Waals surface area contributed by atoms with Crippen LogP contribution in [-0.4, -0.2) is 113 Å². The first-order valence-electron chi connectivity index (χ1n) is 16.3. The molecule has 4 rings (SSSR count). The number of ether oxygens (including phenoxy) is 3. The van der Waals surface area contributed by atoms with Crippen LogP contribution in [-0.2, 0) is 20.6 Å². The molecule has 4 heterocycles. The minimum absolute atomic E-state index is 0.252. The lowest BCUT2D eigenvalue weighted by molar-refractivity contribution is 0.0341. The van der Waals surface area contributed by atoms with Crippen molar-refractivity contribution in [2.24, 2.45) is 0 Å². The van der Waals surface area contributed by atoms with Gasteiger partial charge in [0.25, 0.3) is 0 Å². The number of piperazine rings is 1. The van der Waals surface area contributed by atoms with Gasteiger partial charge in [-0.2, -0.15) is 4.98 Å². The minimum Gasteiger partial charge on any atom is -0.444 e. The minimum atomic E-state index is -0.506. The van der Waals surface area contributed by atoms with Crippen LogP contribution in [0.5, 0.6) is 0 Å². The predicted molar refractivity (Wildman–Crippen MR) is 179 cm³/mol. The van der Waals surface area contributed by atoms with Crippen molar-refractivity contribution in [2.75, 3.05) is 81.6 Å². The van der Waals surface area contributed by atoms with Crippen molar-refractivity contribution >= 4 is 29.3 Å². The molecular formula is C32H52N10O4. The van der Waals surface area contributed by atoms with Gasteiger partial charge in [-0.05, 0) is 52.2 Å². The summed E-state index contributed by atoms with van der Waals surface area (Å²) in [5.41, 5.74) is 9.44. The van der Waals surface area contributed by atoms with Crippen LogP contribution >= 0.6 is 0 Å². The molecule has 4 N–H and O–H groups in total. The highest BCUT2D eigenvalue weighted by Gasteiger charge is 2.20. The van der Waals surface area contributed by atoms with Crippen molar-refractivity contribution in [2.45, 2.75) is 72.4 Å². The molecule has 1 atom stereocenters. The Hall–Kier alpha value is -3.75. The topological polar surface area (TPSA) is 157 Å². The van der Waals surface area contributed by atoms with E-state index in [-0.39, 0.29) is 6.04 Å². The first-order valence-corrected chi connectivity index (χ1v) is 16.3. The second-order valence-electron chi connectivity index (χ2n) is 12.8. The molecule has 3 aromatic heterocycles. The van der Waals surface area contributed by atoms with E-state index in [1.807, 2.05) is 33.2 Å². The number of alkyl carbamates (subject to hydrolysis) is 1. The number of aryl methyl sites for hydroxylation is 1. The monoisotopic (exact) mass is 640 g/mol. The first-order chi connectivity index (χ1) is 22.0. The number of nitrogens with one attached hydrogen (secondary N) is 2. The molecule has 0 unspecified atom stereocenters. The molecule has 0 bridgehead atoms. The largest absolute Gasteiger partial charge is 0.444 e. The average molecular weight is 641 g/mol. The molecule has 1 aliphatic heterocycles. The fraction of sp³-hybridized carbons (Fsp3) is 0.656. The second kappa shape index (κ2) is 16.7. The molecule has 14 heteroatoms. The number of nitrogens with two attached hydrogens (primary N) is 1. The van der Waals surface area contributed by atoms with E-state index in [1.165, 1.54) is 0 Å². The Morgan fingerprint density at radius 1 is 1.07 bits per heavy atom. The number of anilines is 3. The number of fused-ring (bicyclic) bond motifs is 1. The third kappa shape index (κ3) is 10.7. The fourth-order valence-corrected chi connectivity index (χ4v) is 5.36. The normalized spacial score (nSPS) is 14.9. The molecule has 1 fully saturated rings. The summed E-state index contributed by atoms with van der Waals surface area (Å²) >= 11 is 0. The van der Waals surface area contributed by atoms with Crippen molar-refractivity contribution in [3.05, 3.63) is 35.3 Å². The standard InChI is InChI=1S/C32H52N10O4/c1-7-8-24(3)37-30-38-27(33)29-36-22-26(42(29)39-30)20-25-19-23(2)28(35-21-25)41-12-10-40(11-13-41)14-16-45-18-17-44-15-9-34-31(43)46-32(4,5)6/h19,21-22,24H,7-18,20H2,1-6H3,(H,34,43)(H3,33,37,38,39)/t24-/m0/s1. The van der Waals surface area contributed by atoms with E-state index in [9.17, 15) is 4.79 Å². The number of amides is 1. The van der Waals surface area contributed by atoms with Crippen molar-refractivity contribution in [1.82, 2.24) is 34.8 Å². The van der Waals surface area contributed by atoms with Gasteiger partial charge >= 0.3 is 6.09 Å². The van der Waals surface area contributed by atoms with Crippen molar-refractivity contribution in [3.63, 3.8) is 0 Å². The Bertz CT molecular complexity index is 1400. The number of hydrogen-bond acceptors (Lipinski definition) is 12. The van der Waals surface area contributed by atoms with Crippen LogP contribution in [0.4, 0.5) is 22.4 Å². The maximum absolute atomic E-state index is 11.6. The highest BCUT2D eigenvalue weighted by molar-refractivity contribution is 5.67. The van der Waals surface area contributed by atoms with E-state index in [0.29, 0.717) is 56.8 Å². The molecule has 0 saturated carbocycles. The number of rotatable bonds is 16. The Kier molecular flexibility index (Phi) is 12.8. The lowest BCUT2D eigenvalue weighted by atomic mass is 10.1. The number of hydrogen-bond donors (Lipinski definition) is 3. The smallest absolute Gasteiger partial charge is 0.407 e. The van der Waals surface area contributed by atoms with Gasteiger partial charge in [0.1, 0.15) is 11.4 Å². The third-order valence-corrected chi connectivity index (χ3v) is 7.56. The van der Waals surface area contributed by atoms with E-state index in [2.05, 4.69) is 62.3 Å². The molecular weight excluding hydrogens is 588 g/mol. The number of carbonyl (C=O) groups is 1. The van der Waals surface area contributed by atoms with Crippen LogP contribution in [0.1, 0.15) is 64.3 Å². The van der Waals surface area contributed by atoms with E-state index in [1.54, 1.807) is 4.52 Å². The highest BCUT2D eigenvalue weighted by Crippen LogP contribution is 2.22. The van der Waals surface area contributed by atoms with Crippen LogP contribution in [0.25, 0.3) is 5.65 Å². The number of carbonyl (C=O) groups excluding carboxylic acids is 1. The zero-order chi connectivity index (χ0) is 33.1. The lowest BCUT2D eigenvalue weighted by Gasteiger charge is -2.36. The van der Waals surface area contributed by atoms with Gasteiger partial charge in [-0.25, -0.2) is 19.3 Å². The Morgan fingerprint density at radius 3 is 2.50 bits per heavy atom. The number of nitrogens with zero attached hydrogens (tertiary/aromatic N) is 7. The summed E-state index contributed by atoms with van der Waals surface area (Å²) in [5, 5.41) is 10.7. The SMILES string of the molecule is CCC[C@H](C)Nc1nc(N)c2ncc(Cc3cnc(N4CCN(CCOCCOCCNC(=O)OC(C)(C)C)CC4)c(C)c3)n2n1. The summed E-state index contributed by atoms with van der Waals surface area (Å²) in [6.45, 7) is 19.0. The van der Waals surface area contributed by atoms with Crippen molar-refractivity contribution in [3.8, 4) is 0 Å². The maximum Gasteiger partial charge on any atom is 0.407 e. The van der Waals surface area contributed by atoms with Gasteiger partial charge in [0, 0.05) is 57.9 Å². The zero-order valence-electron chi connectivity index (χ0n) is 28.3. The summed E-state index contributed by atoms with van der Waals surface area (Å²) in [6.07, 6.45) is 6.06. The second-order valence-corrected chi connectivity index (χ2v) is 12.8. The van der Waals surface area contributed by atoms with Crippen molar-refractivity contribution < 1.29 is 19.0 Å². The Labute approximate surface area is 272 Å². The molecule has 0 aromatic carbocycles. The van der Waals surface area contributed by atoms with Gasteiger partial charge in [0.05, 0.1) is 38.3 Å². The fourth-order valence-electron chi connectivity index (χ4n) is 5.36. The van der Waals surface area contributed by atoms with E-state index >= 15 is 0 Å². The predicted octanol–water partition coefficient (Wildman–Crippen LogP) is 3.28. The van der Waals surface area contributed by atoms with Gasteiger partial charge in [0.2, 0.25) is 5.95 Å². The number of imidazole rings is 1. The van der Waals surface area contributed by atoms with Gasteiger partial charge in [-0.3, -0.25) is 4.90 Å². The number of nitrogen functional groups attached to an aromatic ring is 1.